The molecule has 2 aromatic heterocycles. The molecule has 2 aliphatic rings. The summed E-state index contributed by atoms with van der Waals surface area (Å²) in [6.45, 7) is 1.38. The fraction of sp³-hybridized carbons (Fsp3) is 0.381. The summed E-state index contributed by atoms with van der Waals surface area (Å²) < 4.78 is 15.5. The number of fused-ring (bicyclic) bond motifs is 1. The summed E-state index contributed by atoms with van der Waals surface area (Å²) in [7, 11) is 0. The molecule has 1 fully saturated rings. The zero-order valence-corrected chi connectivity index (χ0v) is 17.0. The van der Waals surface area contributed by atoms with Gasteiger partial charge in [0.05, 0.1) is 37.7 Å². The van der Waals surface area contributed by atoms with E-state index in [9.17, 15) is 14.9 Å². The van der Waals surface area contributed by atoms with E-state index in [0.717, 1.165) is 23.3 Å². The van der Waals surface area contributed by atoms with Gasteiger partial charge in [-0.25, -0.2) is 4.79 Å². The molecular weight excluding hydrogens is 406 g/mol. The van der Waals surface area contributed by atoms with Gasteiger partial charge < -0.3 is 24.5 Å². The molecule has 8 nitrogen and oxygen atoms in total. The lowest BCUT2D eigenvalue weighted by Gasteiger charge is -2.27. The van der Waals surface area contributed by atoms with Gasteiger partial charge >= 0.3 is 6.09 Å². The molecule has 2 aromatic rings. The second-order valence-corrected chi connectivity index (χ2v) is 8.35. The van der Waals surface area contributed by atoms with Crippen molar-refractivity contribution in [3.8, 4) is 6.07 Å². The first-order valence-corrected chi connectivity index (χ1v) is 10.5. The van der Waals surface area contributed by atoms with Gasteiger partial charge in [-0.3, -0.25) is 4.79 Å². The van der Waals surface area contributed by atoms with Gasteiger partial charge in [0, 0.05) is 11.0 Å². The Morgan fingerprint density at radius 3 is 2.97 bits per heavy atom. The number of nitrogens with one attached hydrogen (secondary N) is 2. The molecule has 30 heavy (non-hydrogen) atoms. The van der Waals surface area contributed by atoms with E-state index in [1.54, 1.807) is 18.2 Å². The molecule has 1 unspecified atom stereocenters. The third kappa shape index (κ3) is 4.72. The normalized spacial score (nSPS) is 18.3. The highest BCUT2D eigenvalue weighted by molar-refractivity contribution is 7.16. The van der Waals surface area contributed by atoms with E-state index in [1.165, 1.54) is 23.7 Å². The van der Waals surface area contributed by atoms with Gasteiger partial charge in [0.15, 0.2) is 0 Å². The van der Waals surface area contributed by atoms with Crippen molar-refractivity contribution in [3.63, 3.8) is 0 Å². The highest BCUT2D eigenvalue weighted by Crippen LogP contribution is 2.39. The molecule has 1 saturated heterocycles. The zero-order valence-electron chi connectivity index (χ0n) is 16.2. The van der Waals surface area contributed by atoms with Crippen LogP contribution in [0.5, 0.6) is 0 Å². The molecule has 0 bridgehead atoms. The number of furan rings is 1. The van der Waals surface area contributed by atoms with Crippen LogP contribution >= 0.6 is 11.3 Å². The number of nitriles is 1. The van der Waals surface area contributed by atoms with Gasteiger partial charge in [0.25, 0.3) is 0 Å². The van der Waals surface area contributed by atoms with Crippen LogP contribution in [0.15, 0.2) is 28.9 Å². The summed E-state index contributed by atoms with van der Waals surface area (Å²) in [6.07, 6.45) is 6.32. The van der Waals surface area contributed by atoms with Crippen molar-refractivity contribution in [2.24, 2.45) is 5.92 Å². The van der Waals surface area contributed by atoms with Crippen LogP contribution in [0.4, 0.5) is 9.80 Å². The lowest BCUT2D eigenvalue weighted by Crippen LogP contribution is -2.49. The molecule has 2 amide bonds. The van der Waals surface area contributed by atoms with Crippen molar-refractivity contribution in [1.29, 1.82) is 5.26 Å². The summed E-state index contributed by atoms with van der Waals surface area (Å²) in [5, 5.41) is 15.7. The topological polar surface area (TPSA) is 114 Å². The standard InChI is InChI=1S/C21H21N3O5S/c22-9-17-16-5-3-13(10-29-21(26)23-14-11-27-12-14)8-18(16)30-20(17)24-19(25)6-4-15-2-1-7-28-15/h1-2,4,6-7,13-14H,3,5,8,10-12H2,(H,23,26)(H,24,25)/b6-4+. The molecule has 0 saturated carbocycles. The number of amides is 2. The molecule has 0 spiro atoms. The molecule has 0 radical (unpaired) electrons. The lowest BCUT2D eigenvalue weighted by atomic mass is 9.88. The van der Waals surface area contributed by atoms with Crippen LogP contribution in [-0.2, 0) is 27.1 Å². The molecule has 1 aliphatic heterocycles. The minimum absolute atomic E-state index is 0.0407. The number of rotatable bonds is 6. The molecule has 1 aliphatic carbocycles. The number of alkyl carbamates (subject to hydrolysis) is 1. The maximum absolute atomic E-state index is 12.2. The predicted octanol–water partition coefficient (Wildman–Crippen LogP) is 3.09. The second-order valence-electron chi connectivity index (χ2n) is 7.24. The minimum Gasteiger partial charge on any atom is -0.465 e. The molecule has 1 atom stereocenters. The first-order valence-electron chi connectivity index (χ1n) is 9.70. The van der Waals surface area contributed by atoms with Gasteiger partial charge in [-0.2, -0.15) is 5.26 Å². The Labute approximate surface area is 177 Å². The van der Waals surface area contributed by atoms with E-state index in [4.69, 9.17) is 13.9 Å². The number of carbonyl (C=O) groups excluding carboxylic acids is 2. The first-order chi connectivity index (χ1) is 14.6. The SMILES string of the molecule is N#Cc1c(NC(=O)/C=C/c2ccco2)sc2c1CCC(COC(=O)NC1COC1)C2. The molecule has 3 heterocycles. The number of hydrogen-bond donors (Lipinski definition) is 2. The summed E-state index contributed by atoms with van der Waals surface area (Å²) in [5.41, 5.74) is 1.51. The van der Waals surface area contributed by atoms with Crippen LogP contribution in [0.2, 0.25) is 0 Å². The van der Waals surface area contributed by atoms with Gasteiger partial charge in [0.2, 0.25) is 5.91 Å². The first kappa shape index (κ1) is 20.2. The Bertz CT molecular complexity index is 985. The lowest BCUT2D eigenvalue weighted by molar-refractivity contribution is -0.111. The van der Waals surface area contributed by atoms with E-state index in [2.05, 4.69) is 16.7 Å². The van der Waals surface area contributed by atoms with Crippen molar-refractivity contribution >= 4 is 34.4 Å². The van der Waals surface area contributed by atoms with Crippen molar-refractivity contribution in [2.75, 3.05) is 25.1 Å². The number of nitrogens with zero attached hydrogens (tertiary/aromatic N) is 1. The molecular formula is C21H21N3O5S. The minimum atomic E-state index is -0.422. The highest BCUT2D eigenvalue weighted by Gasteiger charge is 2.28. The molecule has 2 N–H and O–H groups in total. The Morgan fingerprint density at radius 2 is 2.27 bits per heavy atom. The van der Waals surface area contributed by atoms with Crippen molar-refractivity contribution in [3.05, 3.63) is 46.2 Å². The second kappa shape index (κ2) is 9.15. The average Bonchev–Trinajstić information content (AvgIpc) is 3.34. The van der Waals surface area contributed by atoms with E-state index < -0.39 is 6.09 Å². The smallest absolute Gasteiger partial charge is 0.407 e. The monoisotopic (exact) mass is 427 g/mol. The van der Waals surface area contributed by atoms with Crippen LogP contribution < -0.4 is 10.6 Å². The summed E-state index contributed by atoms with van der Waals surface area (Å²) in [5.74, 6) is 0.444. The van der Waals surface area contributed by atoms with Crippen molar-refractivity contribution in [2.45, 2.75) is 25.3 Å². The number of carbonyl (C=O) groups is 2. The van der Waals surface area contributed by atoms with E-state index in [-0.39, 0.29) is 17.9 Å². The summed E-state index contributed by atoms with van der Waals surface area (Å²) in [4.78, 5) is 25.1. The largest absolute Gasteiger partial charge is 0.465 e. The van der Waals surface area contributed by atoms with Gasteiger partial charge in [-0.1, -0.05) is 0 Å². The fourth-order valence-electron chi connectivity index (χ4n) is 3.42. The molecule has 9 heteroatoms. The fourth-order valence-corrected chi connectivity index (χ4v) is 4.74. The number of ether oxygens (including phenoxy) is 2. The Hall–Kier alpha value is -3.09. The highest BCUT2D eigenvalue weighted by atomic mass is 32.1. The van der Waals surface area contributed by atoms with Crippen LogP contribution in [0.25, 0.3) is 6.08 Å². The zero-order chi connectivity index (χ0) is 20.9. The van der Waals surface area contributed by atoms with Gasteiger partial charge in [-0.15, -0.1) is 11.3 Å². The Kier molecular flexibility index (Phi) is 6.16. The molecule has 0 aromatic carbocycles. The summed E-state index contributed by atoms with van der Waals surface area (Å²) >= 11 is 1.42. The van der Waals surface area contributed by atoms with Crippen LogP contribution in [0.1, 0.15) is 28.2 Å². The quantitative estimate of drug-likeness (QED) is 0.685. The van der Waals surface area contributed by atoms with Crippen molar-refractivity contribution < 1.29 is 23.5 Å². The number of thiophene rings is 1. The van der Waals surface area contributed by atoms with E-state index in [1.807, 2.05) is 0 Å². The van der Waals surface area contributed by atoms with Crippen LogP contribution in [0, 0.1) is 17.2 Å². The van der Waals surface area contributed by atoms with E-state index in [0.29, 0.717) is 42.6 Å². The Balaban J connectivity index is 1.35. The third-order valence-electron chi connectivity index (χ3n) is 5.07. The molecule has 156 valence electrons. The average molecular weight is 427 g/mol. The molecule has 4 rings (SSSR count). The van der Waals surface area contributed by atoms with Gasteiger partial charge in [0.1, 0.15) is 16.8 Å². The number of hydrogen-bond acceptors (Lipinski definition) is 7. The van der Waals surface area contributed by atoms with Crippen LogP contribution in [0.3, 0.4) is 0 Å². The van der Waals surface area contributed by atoms with E-state index >= 15 is 0 Å². The predicted molar refractivity (Wildman–Crippen MR) is 110 cm³/mol. The van der Waals surface area contributed by atoms with Gasteiger partial charge in [-0.05, 0) is 49.0 Å². The maximum Gasteiger partial charge on any atom is 0.407 e. The Morgan fingerprint density at radius 1 is 1.40 bits per heavy atom. The third-order valence-corrected chi connectivity index (χ3v) is 6.24. The van der Waals surface area contributed by atoms with Crippen LogP contribution in [-0.4, -0.2) is 37.9 Å². The maximum atomic E-state index is 12.2. The summed E-state index contributed by atoms with van der Waals surface area (Å²) in [6, 6.07) is 5.75. The number of anilines is 1. The van der Waals surface area contributed by atoms with Crippen molar-refractivity contribution in [1.82, 2.24) is 5.32 Å².